The minimum Gasteiger partial charge on any atom is -0.508 e. The Morgan fingerprint density at radius 3 is 2.56 bits per heavy atom. The van der Waals surface area contributed by atoms with Crippen LogP contribution in [0.3, 0.4) is 0 Å². The molecule has 0 fully saturated rings. The third-order valence-corrected chi connectivity index (χ3v) is 2.47. The Kier molecular flexibility index (Phi) is 2.88. The molecule has 2 rings (SSSR count). The number of phenols is 1. The summed E-state index contributed by atoms with van der Waals surface area (Å²) in [4.78, 5) is 14.1. The molecule has 0 aliphatic rings. The van der Waals surface area contributed by atoms with E-state index >= 15 is 0 Å². The molecule has 0 amide bonds. The smallest absolute Gasteiger partial charge is 0.427 e. The normalized spacial score (nSPS) is 10.3. The molecule has 0 aliphatic heterocycles. The van der Waals surface area contributed by atoms with Gasteiger partial charge in [-0.25, -0.2) is 0 Å². The first kappa shape index (κ1) is 11.9. The molecular formula is C11H11N3O4. The minimum absolute atomic E-state index is 0.0585. The van der Waals surface area contributed by atoms with E-state index < -0.39 is 4.92 Å². The summed E-state index contributed by atoms with van der Waals surface area (Å²) in [5, 5.41) is 20.0. The SMILES string of the molecule is Cc1nc([N+](=O)[O-])c(Oc2ccc(O)cc2)n1C. The lowest BCUT2D eigenvalue weighted by Crippen LogP contribution is -1.97. The summed E-state index contributed by atoms with van der Waals surface area (Å²) < 4.78 is 6.92. The third-order valence-electron chi connectivity index (χ3n) is 2.47. The number of nitrogens with zero attached hydrogens (tertiary/aromatic N) is 3. The van der Waals surface area contributed by atoms with Crippen LogP contribution < -0.4 is 4.74 Å². The summed E-state index contributed by atoms with van der Waals surface area (Å²) >= 11 is 0. The van der Waals surface area contributed by atoms with Crippen LogP contribution in [0, 0.1) is 17.0 Å². The zero-order valence-electron chi connectivity index (χ0n) is 9.82. The molecule has 0 unspecified atom stereocenters. The van der Waals surface area contributed by atoms with Gasteiger partial charge in [-0.2, -0.15) is 0 Å². The Morgan fingerprint density at radius 2 is 2.00 bits per heavy atom. The van der Waals surface area contributed by atoms with Crippen LogP contribution in [0.25, 0.3) is 0 Å². The Bertz CT molecular complexity index is 589. The van der Waals surface area contributed by atoms with E-state index in [1.165, 1.54) is 28.8 Å². The Labute approximate surface area is 102 Å². The fraction of sp³-hybridized carbons (Fsp3) is 0.182. The molecule has 1 aromatic heterocycles. The van der Waals surface area contributed by atoms with Gasteiger partial charge in [-0.3, -0.25) is 4.57 Å². The van der Waals surface area contributed by atoms with Crippen LogP contribution in [0.15, 0.2) is 24.3 Å². The molecule has 94 valence electrons. The number of benzene rings is 1. The van der Waals surface area contributed by atoms with Gasteiger partial charge >= 0.3 is 11.7 Å². The van der Waals surface area contributed by atoms with Gasteiger partial charge in [0, 0.05) is 14.0 Å². The number of ether oxygens (including phenoxy) is 1. The van der Waals surface area contributed by atoms with Crippen LogP contribution in [0.4, 0.5) is 5.82 Å². The number of hydrogen-bond donors (Lipinski definition) is 1. The number of rotatable bonds is 3. The van der Waals surface area contributed by atoms with E-state index in [9.17, 15) is 10.1 Å². The average Bonchev–Trinajstić information content (AvgIpc) is 2.60. The number of nitro groups is 1. The molecule has 1 N–H and O–H groups in total. The standard InChI is InChI=1S/C11H11N3O4/c1-7-12-10(14(16)17)11(13(7)2)18-9-5-3-8(15)4-6-9/h3-6,15H,1-2H3. The predicted octanol–water partition coefficient (Wildman–Crippen LogP) is 2.13. The van der Waals surface area contributed by atoms with Crippen molar-refractivity contribution in [3.63, 3.8) is 0 Å². The molecule has 0 spiro atoms. The first-order valence-corrected chi connectivity index (χ1v) is 5.13. The van der Waals surface area contributed by atoms with E-state index in [2.05, 4.69) is 4.98 Å². The molecule has 0 atom stereocenters. The van der Waals surface area contributed by atoms with Gasteiger partial charge in [-0.15, -0.1) is 0 Å². The quantitative estimate of drug-likeness (QED) is 0.664. The Hall–Kier alpha value is -2.57. The van der Waals surface area contributed by atoms with E-state index in [0.29, 0.717) is 11.6 Å². The van der Waals surface area contributed by atoms with Crippen LogP contribution in [0.2, 0.25) is 0 Å². The second kappa shape index (κ2) is 4.36. The van der Waals surface area contributed by atoms with Crippen molar-refractivity contribution in [2.24, 2.45) is 7.05 Å². The summed E-state index contributed by atoms with van der Waals surface area (Å²) in [6.07, 6.45) is 0. The Morgan fingerprint density at radius 1 is 1.39 bits per heavy atom. The number of imidazole rings is 1. The van der Waals surface area contributed by atoms with Crippen molar-refractivity contribution >= 4 is 5.82 Å². The number of aromatic nitrogens is 2. The summed E-state index contributed by atoms with van der Waals surface area (Å²) in [7, 11) is 1.63. The van der Waals surface area contributed by atoms with Gasteiger partial charge in [0.05, 0.1) is 0 Å². The summed E-state index contributed by atoms with van der Waals surface area (Å²) in [5.41, 5.74) is 0. The van der Waals surface area contributed by atoms with Crippen LogP contribution >= 0.6 is 0 Å². The van der Waals surface area contributed by atoms with E-state index in [1.54, 1.807) is 14.0 Å². The van der Waals surface area contributed by atoms with Gasteiger partial charge in [-0.05, 0) is 34.2 Å². The van der Waals surface area contributed by atoms with Crippen molar-refractivity contribution in [2.45, 2.75) is 6.92 Å². The number of aromatic hydroxyl groups is 1. The molecule has 7 heteroatoms. The molecule has 0 saturated heterocycles. The van der Waals surface area contributed by atoms with Gasteiger partial charge in [0.2, 0.25) is 5.82 Å². The van der Waals surface area contributed by atoms with Crippen molar-refractivity contribution < 1.29 is 14.8 Å². The van der Waals surface area contributed by atoms with E-state index in [1.807, 2.05) is 0 Å². The van der Waals surface area contributed by atoms with Crippen molar-refractivity contribution in [3.8, 4) is 17.4 Å². The average molecular weight is 249 g/mol. The zero-order chi connectivity index (χ0) is 13.3. The monoisotopic (exact) mass is 249 g/mol. The summed E-state index contributed by atoms with van der Waals surface area (Å²) in [5.74, 6) is 0.693. The summed E-state index contributed by atoms with van der Waals surface area (Å²) in [6.45, 7) is 1.65. The number of phenolic OH excluding ortho intramolecular Hbond substituents is 1. The number of aryl methyl sites for hydroxylation is 1. The van der Waals surface area contributed by atoms with Gasteiger partial charge < -0.3 is 20.0 Å². The van der Waals surface area contributed by atoms with Crippen molar-refractivity contribution in [1.29, 1.82) is 0 Å². The molecule has 18 heavy (non-hydrogen) atoms. The number of hydrogen-bond acceptors (Lipinski definition) is 5. The second-order valence-corrected chi connectivity index (χ2v) is 3.70. The van der Waals surface area contributed by atoms with Crippen LogP contribution in [-0.2, 0) is 7.05 Å². The second-order valence-electron chi connectivity index (χ2n) is 3.70. The molecule has 1 heterocycles. The van der Waals surface area contributed by atoms with Crippen LogP contribution in [-0.4, -0.2) is 19.6 Å². The fourth-order valence-corrected chi connectivity index (χ4v) is 1.43. The maximum Gasteiger partial charge on any atom is 0.427 e. The molecule has 2 aromatic rings. The fourth-order valence-electron chi connectivity index (χ4n) is 1.43. The highest BCUT2D eigenvalue weighted by Gasteiger charge is 2.25. The molecule has 1 aromatic carbocycles. The highest BCUT2D eigenvalue weighted by molar-refractivity contribution is 5.41. The predicted molar refractivity (Wildman–Crippen MR) is 62.8 cm³/mol. The van der Waals surface area contributed by atoms with Crippen LogP contribution in [0.5, 0.6) is 17.4 Å². The lowest BCUT2D eigenvalue weighted by molar-refractivity contribution is -0.390. The van der Waals surface area contributed by atoms with Gasteiger partial charge in [0.25, 0.3) is 0 Å². The molecular weight excluding hydrogens is 238 g/mol. The van der Waals surface area contributed by atoms with Crippen molar-refractivity contribution in [3.05, 3.63) is 40.2 Å². The molecule has 0 aliphatic carbocycles. The lowest BCUT2D eigenvalue weighted by atomic mass is 10.3. The maximum atomic E-state index is 10.8. The Balaban J connectivity index is 2.39. The van der Waals surface area contributed by atoms with Crippen molar-refractivity contribution in [2.75, 3.05) is 0 Å². The first-order chi connectivity index (χ1) is 8.49. The highest BCUT2D eigenvalue weighted by atomic mass is 16.6. The van der Waals surface area contributed by atoms with Gasteiger partial charge in [0.15, 0.2) is 0 Å². The molecule has 0 saturated carbocycles. The topological polar surface area (TPSA) is 90.4 Å². The first-order valence-electron chi connectivity index (χ1n) is 5.13. The molecule has 0 bridgehead atoms. The highest BCUT2D eigenvalue weighted by Crippen LogP contribution is 2.31. The third kappa shape index (κ3) is 2.10. The van der Waals surface area contributed by atoms with E-state index in [-0.39, 0.29) is 17.4 Å². The van der Waals surface area contributed by atoms with Crippen molar-refractivity contribution in [1.82, 2.24) is 9.55 Å². The minimum atomic E-state index is -0.594. The summed E-state index contributed by atoms with van der Waals surface area (Å²) in [6, 6.07) is 5.90. The molecule has 7 nitrogen and oxygen atoms in total. The lowest BCUT2D eigenvalue weighted by Gasteiger charge is -2.05. The zero-order valence-corrected chi connectivity index (χ0v) is 9.82. The van der Waals surface area contributed by atoms with Gasteiger partial charge in [0.1, 0.15) is 11.5 Å². The maximum absolute atomic E-state index is 10.8. The largest absolute Gasteiger partial charge is 0.508 e. The molecule has 0 radical (unpaired) electrons. The van der Waals surface area contributed by atoms with Crippen LogP contribution in [0.1, 0.15) is 5.82 Å². The van der Waals surface area contributed by atoms with E-state index in [4.69, 9.17) is 9.84 Å². The van der Waals surface area contributed by atoms with Gasteiger partial charge in [-0.1, -0.05) is 0 Å². The van der Waals surface area contributed by atoms with E-state index in [0.717, 1.165) is 0 Å².